The summed E-state index contributed by atoms with van der Waals surface area (Å²) in [5.41, 5.74) is 1.04. The number of likely N-dealkylation sites (tertiary alicyclic amines) is 1. The van der Waals surface area contributed by atoms with Crippen LogP contribution in [0, 0.1) is 5.92 Å². The van der Waals surface area contributed by atoms with Gasteiger partial charge in [0.2, 0.25) is 11.8 Å². The van der Waals surface area contributed by atoms with E-state index in [0.717, 1.165) is 11.3 Å². The molecule has 2 aliphatic rings. The summed E-state index contributed by atoms with van der Waals surface area (Å²) in [6.07, 6.45) is 0.348. The number of ether oxygens (including phenoxy) is 2. The van der Waals surface area contributed by atoms with Gasteiger partial charge in [0.05, 0.1) is 31.8 Å². The Morgan fingerprint density at radius 2 is 1.96 bits per heavy atom. The Morgan fingerprint density at radius 1 is 1.24 bits per heavy atom. The fourth-order valence-electron chi connectivity index (χ4n) is 3.49. The van der Waals surface area contributed by atoms with Gasteiger partial charge in [-0.25, -0.2) is 0 Å². The van der Waals surface area contributed by atoms with Gasteiger partial charge in [-0.3, -0.25) is 9.59 Å². The van der Waals surface area contributed by atoms with Gasteiger partial charge >= 0.3 is 0 Å². The number of carbonyl (C=O) groups excluding carboxylic acids is 2. The zero-order valence-electron chi connectivity index (χ0n) is 15.1. The van der Waals surface area contributed by atoms with E-state index < -0.39 is 0 Å². The maximum atomic E-state index is 12.9. The van der Waals surface area contributed by atoms with E-state index in [1.807, 2.05) is 43.0 Å². The standard InChI is InChI=1S/C19H26N2O4/c1-13-12-25-14(2)9-21(13)19(23)16-8-18(22)20(11-16)10-15-4-6-17(24-3)7-5-15/h4-7,13-14,16H,8-12H2,1-3H3/t13-,14+,16-/m1/s1. The van der Waals surface area contributed by atoms with E-state index in [1.54, 1.807) is 12.0 Å². The molecule has 2 saturated heterocycles. The Labute approximate surface area is 148 Å². The van der Waals surface area contributed by atoms with Crippen molar-refractivity contribution in [3.63, 3.8) is 0 Å². The van der Waals surface area contributed by atoms with E-state index in [2.05, 4.69) is 0 Å². The fraction of sp³-hybridized carbons (Fsp3) is 0.579. The second kappa shape index (κ2) is 7.44. The first-order valence-electron chi connectivity index (χ1n) is 8.80. The second-order valence-corrected chi connectivity index (χ2v) is 7.01. The van der Waals surface area contributed by atoms with E-state index in [4.69, 9.17) is 9.47 Å². The highest BCUT2D eigenvalue weighted by Gasteiger charge is 2.39. The average Bonchev–Trinajstić information content (AvgIpc) is 2.98. The van der Waals surface area contributed by atoms with Crippen LogP contribution in [0.4, 0.5) is 0 Å². The van der Waals surface area contributed by atoms with Gasteiger partial charge in [0.25, 0.3) is 0 Å². The molecule has 136 valence electrons. The first kappa shape index (κ1) is 17.7. The lowest BCUT2D eigenvalue weighted by Gasteiger charge is -2.38. The molecule has 1 aromatic carbocycles. The van der Waals surface area contributed by atoms with Crippen LogP contribution >= 0.6 is 0 Å². The summed E-state index contributed by atoms with van der Waals surface area (Å²) in [6, 6.07) is 7.74. The topological polar surface area (TPSA) is 59.1 Å². The number of hydrogen-bond donors (Lipinski definition) is 0. The predicted molar refractivity (Wildman–Crippen MR) is 93.1 cm³/mol. The van der Waals surface area contributed by atoms with Crippen LogP contribution < -0.4 is 4.74 Å². The Hall–Kier alpha value is -2.08. The van der Waals surface area contributed by atoms with Gasteiger partial charge in [-0.05, 0) is 31.5 Å². The largest absolute Gasteiger partial charge is 0.497 e. The normalized spacial score (nSPS) is 26.8. The molecule has 1 aromatic rings. The SMILES string of the molecule is COc1ccc(CN2C[C@H](C(=O)N3C[C@H](C)OC[C@H]3C)CC2=O)cc1. The summed E-state index contributed by atoms with van der Waals surface area (Å²) in [6.45, 7) is 6.15. The molecule has 2 heterocycles. The third-order valence-electron chi connectivity index (χ3n) is 4.99. The zero-order valence-corrected chi connectivity index (χ0v) is 15.1. The smallest absolute Gasteiger partial charge is 0.228 e. The van der Waals surface area contributed by atoms with Crippen LogP contribution in [0.25, 0.3) is 0 Å². The number of hydrogen-bond acceptors (Lipinski definition) is 4. The van der Waals surface area contributed by atoms with Crippen molar-refractivity contribution >= 4 is 11.8 Å². The zero-order chi connectivity index (χ0) is 18.0. The highest BCUT2D eigenvalue weighted by molar-refractivity contribution is 5.89. The third-order valence-corrected chi connectivity index (χ3v) is 4.99. The van der Waals surface area contributed by atoms with Crippen LogP contribution in [0.15, 0.2) is 24.3 Å². The molecule has 0 unspecified atom stereocenters. The van der Waals surface area contributed by atoms with E-state index in [9.17, 15) is 9.59 Å². The lowest BCUT2D eigenvalue weighted by molar-refractivity contribution is -0.147. The molecule has 0 N–H and O–H groups in total. The van der Waals surface area contributed by atoms with Crippen LogP contribution in [0.3, 0.4) is 0 Å². The van der Waals surface area contributed by atoms with Crippen LogP contribution in [0.5, 0.6) is 5.75 Å². The van der Waals surface area contributed by atoms with Gasteiger partial charge in [-0.1, -0.05) is 12.1 Å². The highest BCUT2D eigenvalue weighted by Crippen LogP contribution is 2.25. The summed E-state index contributed by atoms with van der Waals surface area (Å²) < 4.78 is 10.7. The summed E-state index contributed by atoms with van der Waals surface area (Å²) >= 11 is 0. The minimum atomic E-state index is -0.251. The molecule has 6 nitrogen and oxygen atoms in total. The maximum absolute atomic E-state index is 12.9. The number of methoxy groups -OCH3 is 1. The monoisotopic (exact) mass is 346 g/mol. The predicted octanol–water partition coefficient (Wildman–Crippen LogP) is 1.68. The van der Waals surface area contributed by atoms with Crippen molar-refractivity contribution in [2.75, 3.05) is 26.8 Å². The molecule has 3 atom stereocenters. The molecule has 2 amide bonds. The average molecular weight is 346 g/mol. The van der Waals surface area contributed by atoms with Crippen LogP contribution in [0.1, 0.15) is 25.8 Å². The Balaban J connectivity index is 1.62. The van der Waals surface area contributed by atoms with Crippen molar-refractivity contribution in [1.29, 1.82) is 0 Å². The quantitative estimate of drug-likeness (QED) is 0.832. The number of amides is 2. The summed E-state index contributed by atoms with van der Waals surface area (Å²) in [4.78, 5) is 28.9. The lowest BCUT2D eigenvalue weighted by Crippen LogP contribution is -2.52. The second-order valence-electron chi connectivity index (χ2n) is 7.01. The maximum Gasteiger partial charge on any atom is 0.228 e. The van der Waals surface area contributed by atoms with Crippen LogP contribution in [-0.4, -0.2) is 60.6 Å². The molecule has 0 saturated carbocycles. The van der Waals surface area contributed by atoms with Crippen LogP contribution in [-0.2, 0) is 20.9 Å². The minimum absolute atomic E-state index is 0.0446. The molecule has 2 aliphatic heterocycles. The fourth-order valence-corrected chi connectivity index (χ4v) is 3.49. The molecule has 2 fully saturated rings. The third kappa shape index (κ3) is 3.95. The summed E-state index contributed by atoms with van der Waals surface area (Å²) in [7, 11) is 1.63. The molecule has 0 spiro atoms. The van der Waals surface area contributed by atoms with Crippen LogP contribution in [0.2, 0.25) is 0 Å². The summed E-state index contributed by atoms with van der Waals surface area (Å²) in [5.74, 6) is 0.662. The number of carbonyl (C=O) groups is 2. The van der Waals surface area contributed by atoms with Gasteiger partial charge in [0.1, 0.15) is 5.75 Å². The molecular weight excluding hydrogens is 320 g/mol. The van der Waals surface area contributed by atoms with Crippen molar-refractivity contribution in [2.24, 2.45) is 5.92 Å². The molecule has 3 rings (SSSR count). The molecule has 6 heteroatoms. The van der Waals surface area contributed by atoms with Crippen molar-refractivity contribution in [3.8, 4) is 5.75 Å². The number of morpholine rings is 1. The number of benzene rings is 1. The van der Waals surface area contributed by atoms with Crippen molar-refractivity contribution in [2.45, 2.75) is 39.0 Å². The summed E-state index contributed by atoms with van der Waals surface area (Å²) in [5, 5.41) is 0. The molecule has 0 aliphatic carbocycles. The van der Waals surface area contributed by atoms with E-state index in [1.165, 1.54) is 0 Å². The molecule has 0 aromatic heterocycles. The Morgan fingerprint density at radius 3 is 2.64 bits per heavy atom. The van der Waals surface area contributed by atoms with Gasteiger partial charge in [-0.15, -0.1) is 0 Å². The van der Waals surface area contributed by atoms with Crippen molar-refractivity contribution in [1.82, 2.24) is 9.80 Å². The van der Waals surface area contributed by atoms with Gasteiger partial charge in [-0.2, -0.15) is 0 Å². The highest BCUT2D eigenvalue weighted by atomic mass is 16.5. The first-order valence-corrected chi connectivity index (χ1v) is 8.80. The van der Waals surface area contributed by atoms with Gasteiger partial charge in [0.15, 0.2) is 0 Å². The molecule has 0 radical (unpaired) electrons. The van der Waals surface area contributed by atoms with E-state index in [-0.39, 0.29) is 29.9 Å². The lowest BCUT2D eigenvalue weighted by atomic mass is 10.0. The number of nitrogens with zero attached hydrogens (tertiary/aromatic N) is 2. The van der Waals surface area contributed by atoms with E-state index >= 15 is 0 Å². The van der Waals surface area contributed by atoms with Crippen molar-refractivity contribution < 1.29 is 19.1 Å². The molecule has 0 bridgehead atoms. The van der Waals surface area contributed by atoms with Crippen molar-refractivity contribution in [3.05, 3.63) is 29.8 Å². The molecular formula is C19H26N2O4. The number of rotatable bonds is 4. The van der Waals surface area contributed by atoms with Gasteiger partial charge in [0, 0.05) is 26.1 Å². The molecule has 25 heavy (non-hydrogen) atoms. The Kier molecular flexibility index (Phi) is 5.27. The first-order chi connectivity index (χ1) is 12.0. The minimum Gasteiger partial charge on any atom is -0.497 e. The van der Waals surface area contributed by atoms with E-state index in [0.29, 0.717) is 32.7 Å². The van der Waals surface area contributed by atoms with Gasteiger partial charge < -0.3 is 19.3 Å². The Bertz CT molecular complexity index is 631.